The molecule has 0 spiro atoms. The number of hydrogen-bond acceptors (Lipinski definition) is 5. The molecule has 120 valence electrons. The summed E-state index contributed by atoms with van der Waals surface area (Å²) in [5.41, 5.74) is 0.433. The van der Waals surface area contributed by atoms with Crippen molar-refractivity contribution in [3.8, 4) is 11.8 Å². The lowest BCUT2D eigenvalue weighted by Crippen LogP contribution is -2.56. The second kappa shape index (κ2) is 6.38. The lowest BCUT2D eigenvalue weighted by Gasteiger charge is -2.38. The fourth-order valence-electron chi connectivity index (χ4n) is 2.46. The summed E-state index contributed by atoms with van der Waals surface area (Å²) in [6.07, 6.45) is -0.162. The Kier molecular flexibility index (Phi) is 4.12. The fourth-order valence-corrected chi connectivity index (χ4v) is 2.46. The lowest BCUT2D eigenvalue weighted by molar-refractivity contribution is -0.385. The number of amides is 1. The van der Waals surface area contributed by atoms with E-state index < -0.39 is 4.92 Å². The average molecular weight is 323 g/mol. The van der Waals surface area contributed by atoms with Crippen molar-refractivity contribution >= 4 is 11.6 Å². The second-order valence-corrected chi connectivity index (χ2v) is 5.36. The molecule has 0 aliphatic carbocycles. The van der Waals surface area contributed by atoms with Gasteiger partial charge >= 0.3 is 0 Å². The molecule has 0 radical (unpaired) electrons. The maximum atomic E-state index is 12.4. The van der Waals surface area contributed by atoms with E-state index in [9.17, 15) is 14.9 Å². The molecule has 24 heavy (non-hydrogen) atoms. The first-order valence-electron chi connectivity index (χ1n) is 7.28. The molecule has 0 unspecified atom stereocenters. The maximum Gasteiger partial charge on any atom is 0.282 e. The van der Waals surface area contributed by atoms with Gasteiger partial charge in [0.15, 0.2) is 0 Å². The Balaban J connectivity index is 1.61. The summed E-state index contributed by atoms with van der Waals surface area (Å²) >= 11 is 0. The minimum absolute atomic E-state index is 0.0827. The topological polar surface area (TPSA) is 96.5 Å². The smallest absolute Gasteiger partial charge is 0.282 e. The number of likely N-dealkylation sites (tertiary alicyclic amines) is 1. The Morgan fingerprint density at radius 3 is 2.50 bits per heavy atom. The third-order valence-electron chi connectivity index (χ3n) is 3.75. The lowest BCUT2D eigenvalue weighted by atomic mass is 10.1. The minimum Gasteiger partial charge on any atom is -0.487 e. The Labute approximate surface area is 137 Å². The molecule has 7 heteroatoms. The standard InChI is InChI=1S/C17H13N3O4/c18-9-12-5-7-13(8-6-12)24-14-10-19(11-14)17(21)15-3-1-2-4-16(15)20(22)23/h1-8,14H,10-11H2. The van der Waals surface area contributed by atoms with Crippen LogP contribution in [0.5, 0.6) is 5.75 Å². The van der Waals surface area contributed by atoms with Gasteiger partial charge in [0.05, 0.1) is 29.6 Å². The van der Waals surface area contributed by atoms with Gasteiger partial charge in [-0.25, -0.2) is 0 Å². The molecular formula is C17H13N3O4. The molecule has 2 aromatic rings. The number of para-hydroxylation sites is 1. The van der Waals surface area contributed by atoms with E-state index in [1.807, 2.05) is 6.07 Å². The summed E-state index contributed by atoms with van der Waals surface area (Å²) in [6, 6.07) is 14.6. The van der Waals surface area contributed by atoms with Crippen molar-refractivity contribution in [2.45, 2.75) is 6.10 Å². The van der Waals surface area contributed by atoms with Gasteiger partial charge in [0.1, 0.15) is 17.4 Å². The van der Waals surface area contributed by atoms with E-state index in [2.05, 4.69) is 0 Å². The molecule has 1 fully saturated rings. The van der Waals surface area contributed by atoms with E-state index in [0.717, 1.165) is 0 Å². The van der Waals surface area contributed by atoms with Gasteiger partial charge in [0.2, 0.25) is 0 Å². The van der Waals surface area contributed by atoms with E-state index in [0.29, 0.717) is 24.4 Å². The maximum absolute atomic E-state index is 12.4. The van der Waals surface area contributed by atoms with Gasteiger partial charge in [-0.15, -0.1) is 0 Å². The van der Waals surface area contributed by atoms with Crippen molar-refractivity contribution in [1.29, 1.82) is 5.26 Å². The number of nitrogens with zero attached hydrogens (tertiary/aromatic N) is 3. The van der Waals surface area contributed by atoms with Crippen LogP contribution in [0.1, 0.15) is 15.9 Å². The van der Waals surface area contributed by atoms with Gasteiger partial charge in [0, 0.05) is 6.07 Å². The van der Waals surface area contributed by atoms with Crippen LogP contribution in [0.4, 0.5) is 5.69 Å². The number of nitro groups is 1. The summed E-state index contributed by atoms with van der Waals surface area (Å²) in [6.45, 7) is 0.732. The zero-order valence-corrected chi connectivity index (χ0v) is 12.6. The van der Waals surface area contributed by atoms with Crippen molar-refractivity contribution < 1.29 is 14.5 Å². The molecule has 0 atom stereocenters. The van der Waals surface area contributed by atoms with Gasteiger partial charge in [-0.1, -0.05) is 12.1 Å². The molecule has 2 aromatic carbocycles. The fraction of sp³-hybridized carbons (Fsp3) is 0.176. The molecule has 1 aliphatic rings. The van der Waals surface area contributed by atoms with Crippen LogP contribution in [0.2, 0.25) is 0 Å². The van der Waals surface area contributed by atoms with Gasteiger partial charge in [0.25, 0.3) is 11.6 Å². The molecule has 1 amide bonds. The number of nitriles is 1. The van der Waals surface area contributed by atoms with Crippen LogP contribution in [-0.2, 0) is 0 Å². The van der Waals surface area contributed by atoms with Crippen LogP contribution in [0.25, 0.3) is 0 Å². The van der Waals surface area contributed by atoms with E-state index in [-0.39, 0.29) is 23.3 Å². The average Bonchev–Trinajstić information content (AvgIpc) is 2.57. The van der Waals surface area contributed by atoms with Crippen LogP contribution in [0.15, 0.2) is 48.5 Å². The molecule has 0 saturated carbocycles. The molecule has 7 nitrogen and oxygen atoms in total. The van der Waals surface area contributed by atoms with Crippen molar-refractivity contribution in [1.82, 2.24) is 4.90 Å². The first kappa shape index (κ1) is 15.5. The Morgan fingerprint density at radius 1 is 1.21 bits per heavy atom. The quantitative estimate of drug-likeness (QED) is 0.635. The zero-order valence-electron chi connectivity index (χ0n) is 12.6. The number of rotatable bonds is 4. The molecule has 1 saturated heterocycles. The molecule has 3 rings (SSSR count). The second-order valence-electron chi connectivity index (χ2n) is 5.36. The summed E-state index contributed by atoms with van der Waals surface area (Å²) in [5, 5.41) is 19.8. The highest BCUT2D eigenvalue weighted by Crippen LogP contribution is 2.24. The van der Waals surface area contributed by atoms with Crippen molar-refractivity contribution in [2.75, 3.05) is 13.1 Å². The number of hydrogen-bond donors (Lipinski definition) is 0. The number of ether oxygens (including phenoxy) is 1. The van der Waals surface area contributed by atoms with E-state index >= 15 is 0 Å². The molecule has 0 bridgehead atoms. The van der Waals surface area contributed by atoms with E-state index in [1.165, 1.54) is 23.1 Å². The SMILES string of the molecule is N#Cc1ccc(OC2CN(C(=O)c3ccccc3[N+](=O)[O-])C2)cc1. The summed E-state index contributed by atoms with van der Waals surface area (Å²) < 4.78 is 5.71. The van der Waals surface area contributed by atoms with Gasteiger partial charge in [-0.2, -0.15) is 5.26 Å². The highest BCUT2D eigenvalue weighted by Gasteiger charge is 2.35. The monoisotopic (exact) mass is 323 g/mol. The first-order chi connectivity index (χ1) is 11.6. The minimum atomic E-state index is -0.558. The highest BCUT2D eigenvalue weighted by molar-refractivity contribution is 5.98. The van der Waals surface area contributed by atoms with Crippen LogP contribution in [0.3, 0.4) is 0 Å². The van der Waals surface area contributed by atoms with Crippen molar-refractivity contribution in [2.24, 2.45) is 0 Å². The molecular weight excluding hydrogens is 310 g/mol. The Morgan fingerprint density at radius 2 is 1.88 bits per heavy atom. The number of nitro benzene ring substituents is 1. The summed E-state index contributed by atoms with van der Waals surface area (Å²) in [7, 11) is 0. The van der Waals surface area contributed by atoms with Crippen molar-refractivity contribution in [3.63, 3.8) is 0 Å². The third kappa shape index (κ3) is 3.03. The number of carbonyl (C=O) groups is 1. The van der Waals surface area contributed by atoms with Crippen LogP contribution < -0.4 is 4.74 Å². The van der Waals surface area contributed by atoms with Crippen molar-refractivity contribution in [3.05, 3.63) is 69.8 Å². The van der Waals surface area contributed by atoms with Gasteiger partial charge < -0.3 is 9.64 Å². The first-order valence-corrected chi connectivity index (χ1v) is 7.28. The van der Waals surface area contributed by atoms with E-state index in [4.69, 9.17) is 10.00 Å². The Hall–Kier alpha value is -3.40. The number of carbonyl (C=O) groups excluding carboxylic acids is 1. The number of benzene rings is 2. The summed E-state index contributed by atoms with van der Waals surface area (Å²) in [5.74, 6) is 0.249. The molecule has 0 N–H and O–H groups in total. The molecule has 1 aliphatic heterocycles. The largest absolute Gasteiger partial charge is 0.487 e. The molecule has 1 heterocycles. The van der Waals surface area contributed by atoms with Crippen LogP contribution in [-0.4, -0.2) is 34.9 Å². The predicted octanol–water partition coefficient (Wildman–Crippen LogP) is 2.37. The van der Waals surface area contributed by atoms with Crippen LogP contribution in [0, 0.1) is 21.4 Å². The zero-order chi connectivity index (χ0) is 17.1. The van der Waals surface area contributed by atoms with E-state index in [1.54, 1.807) is 30.3 Å². The van der Waals surface area contributed by atoms with Crippen LogP contribution >= 0.6 is 0 Å². The van der Waals surface area contributed by atoms with Gasteiger partial charge in [-0.3, -0.25) is 14.9 Å². The third-order valence-corrected chi connectivity index (χ3v) is 3.75. The predicted molar refractivity (Wildman–Crippen MR) is 84.6 cm³/mol. The molecule has 0 aromatic heterocycles. The Bertz CT molecular complexity index is 820. The highest BCUT2D eigenvalue weighted by atomic mass is 16.6. The normalized spacial score (nSPS) is 13.7. The summed E-state index contributed by atoms with van der Waals surface area (Å²) in [4.78, 5) is 24.3. The van der Waals surface area contributed by atoms with Gasteiger partial charge in [-0.05, 0) is 30.3 Å².